The summed E-state index contributed by atoms with van der Waals surface area (Å²) in [6, 6.07) is 14.9. The Kier molecular flexibility index (Phi) is 7.16. The molecule has 0 unspecified atom stereocenters. The van der Waals surface area contributed by atoms with Crippen molar-refractivity contribution in [3.63, 3.8) is 0 Å². The van der Waals surface area contributed by atoms with Crippen molar-refractivity contribution in [1.82, 2.24) is 10.6 Å². The quantitative estimate of drug-likeness (QED) is 0.701. The Balaban J connectivity index is 0.00000192. The maximum absolute atomic E-state index is 12.9. The minimum atomic E-state index is -0.204. The molecule has 0 bridgehead atoms. The summed E-state index contributed by atoms with van der Waals surface area (Å²) in [5.41, 5.74) is 1.21. The van der Waals surface area contributed by atoms with Gasteiger partial charge in [-0.2, -0.15) is 0 Å². The van der Waals surface area contributed by atoms with Gasteiger partial charge in [0, 0.05) is 29.4 Å². The summed E-state index contributed by atoms with van der Waals surface area (Å²) in [6.45, 7) is 2.63. The lowest BCUT2D eigenvalue weighted by molar-refractivity contribution is 0.626. The van der Waals surface area contributed by atoms with Crippen molar-refractivity contribution in [1.29, 1.82) is 0 Å². The first-order valence-electron chi connectivity index (χ1n) is 7.34. The highest BCUT2D eigenvalue weighted by Gasteiger charge is 2.03. The minimum absolute atomic E-state index is 0. The zero-order valence-corrected chi connectivity index (χ0v) is 15.7. The Bertz CT molecular complexity index is 644. The molecule has 1 heterocycles. The van der Waals surface area contributed by atoms with Crippen LogP contribution in [-0.2, 0) is 6.54 Å². The van der Waals surface area contributed by atoms with Gasteiger partial charge in [0.1, 0.15) is 5.82 Å². The van der Waals surface area contributed by atoms with Crippen LogP contribution < -0.4 is 10.6 Å². The van der Waals surface area contributed by atoms with E-state index in [2.05, 4.69) is 39.9 Å². The standard InChI is InChI=1S/C17H18FN3S.HI/c18-14-4-8-16(9-5-14)22-15-6-2-13(3-7-15)12-21-17-19-10-1-11-20-17;/h2-9H,1,10-12H2,(H2,19,20,21);1H. The molecule has 0 aromatic heterocycles. The van der Waals surface area contributed by atoms with Crippen LogP contribution in [0.15, 0.2) is 63.3 Å². The normalized spacial score (nSPS) is 13.5. The van der Waals surface area contributed by atoms with Crippen molar-refractivity contribution in [3.8, 4) is 0 Å². The van der Waals surface area contributed by atoms with E-state index in [-0.39, 0.29) is 29.8 Å². The molecular weight excluding hydrogens is 424 g/mol. The monoisotopic (exact) mass is 443 g/mol. The lowest BCUT2D eigenvalue weighted by Crippen LogP contribution is -2.40. The fraction of sp³-hybridized carbons (Fsp3) is 0.235. The summed E-state index contributed by atoms with van der Waals surface area (Å²) in [5.74, 6) is 0.682. The summed E-state index contributed by atoms with van der Waals surface area (Å²) in [6.07, 6.45) is 1.10. The third-order valence-corrected chi connectivity index (χ3v) is 4.35. The number of rotatable bonds is 4. The summed E-state index contributed by atoms with van der Waals surface area (Å²) >= 11 is 1.63. The van der Waals surface area contributed by atoms with E-state index in [1.165, 1.54) is 17.7 Å². The molecule has 0 spiro atoms. The lowest BCUT2D eigenvalue weighted by atomic mass is 10.2. The van der Waals surface area contributed by atoms with E-state index in [0.29, 0.717) is 0 Å². The van der Waals surface area contributed by atoms with Crippen LogP contribution in [0.4, 0.5) is 4.39 Å². The summed E-state index contributed by atoms with van der Waals surface area (Å²) < 4.78 is 12.9. The van der Waals surface area contributed by atoms with E-state index in [1.54, 1.807) is 23.9 Å². The number of benzene rings is 2. The van der Waals surface area contributed by atoms with Crippen molar-refractivity contribution < 1.29 is 4.39 Å². The maximum atomic E-state index is 12.9. The van der Waals surface area contributed by atoms with Crippen LogP contribution >= 0.6 is 35.7 Å². The number of guanidine groups is 1. The number of aliphatic imine (C=N–C) groups is 1. The van der Waals surface area contributed by atoms with Crippen LogP contribution in [-0.4, -0.2) is 19.0 Å². The number of hydrogen-bond donors (Lipinski definition) is 2. The molecule has 2 N–H and O–H groups in total. The van der Waals surface area contributed by atoms with Crippen molar-refractivity contribution in [2.24, 2.45) is 4.99 Å². The van der Waals surface area contributed by atoms with E-state index >= 15 is 0 Å². The molecule has 0 atom stereocenters. The first kappa shape index (κ1) is 18.1. The molecule has 0 radical (unpaired) electrons. The van der Waals surface area contributed by atoms with Gasteiger partial charge in [-0.3, -0.25) is 4.99 Å². The molecule has 0 saturated heterocycles. The van der Waals surface area contributed by atoms with Crippen LogP contribution in [0.2, 0.25) is 0 Å². The molecule has 122 valence electrons. The van der Waals surface area contributed by atoms with Gasteiger partial charge in [-0.25, -0.2) is 4.39 Å². The molecule has 3 rings (SSSR count). The zero-order valence-electron chi connectivity index (χ0n) is 12.6. The Hall–Kier alpha value is -1.28. The van der Waals surface area contributed by atoms with Gasteiger partial charge in [0.05, 0.1) is 0 Å². The predicted octanol–water partition coefficient (Wildman–Crippen LogP) is 4.03. The zero-order chi connectivity index (χ0) is 15.2. The molecule has 0 aliphatic carbocycles. The number of nitrogens with one attached hydrogen (secondary N) is 2. The molecule has 2 aromatic rings. The van der Waals surface area contributed by atoms with Gasteiger partial charge in [0.25, 0.3) is 0 Å². The van der Waals surface area contributed by atoms with Crippen LogP contribution in [0.25, 0.3) is 0 Å². The van der Waals surface area contributed by atoms with Gasteiger partial charge in [-0.15, -0.1) is 24.0 Å². The molecule has 0 amide bonds. The lowest BCUT2D eigenvalue weighted by Gasteiger charge is -2.16. The van der Waals surface area contributed by atoms with Gasteiger partial charge < -0.3 is 10.6 Å². The van der Waals surface area contributed by atoms with Crippen molar-refractivity contribution >= 4 is 41.7 Å². The minimum Gasteiger partial charge on any atom is -0.356 e. The number of nitrogens with zero attached hydrogens (tertiary/aromatic N) is 1. The van der Waals surface area contributed by atoms with Crippen LogP contribution in [0.5, 0.6) is 0 Å². The van der Waals surface area contributed by atoms with E-state index in [9.17, 15) is 4.39 Å². The summed E-state index contributed by atoms with van der Waals surface area (Å²) in [5, 5.41) is 6.55. The smallest absolute Gasteiger partial charge is 0.191 e. The van der Waals surface area contributed by atoms with Crippen LogP contribution in [0.3, 0.4) is 0 Å². The highest BCUT2D eigenvalue weighted by Crippen LogP contribution is 2.27. The molecule has 3 nitrogen and oxygen atoms in total. The third-order valence-electron chi connectivity index (χ3n) is 3.33. The molecular formula is C17H19FIN3S. The molecule has 0 fully saturated rings. The summed E-state index contributed by atoms with van der Waals surface area (Å²) in [7, 11) is 0. The van der Waals surface area contributed by atoms with Crippen LogP contribution in [0.1, 0.15) is 12.0 Å². The van der Waals surface area contributed by atoms with Gasteiger partial charge >= 0.3 is 0 Å². The Morgan fingerprint density at radius 1 is 1.04 bits per heavy atom. The first-order valence-corrected chi connectivity index (χ1v) is 8.16. The van der Waals surface area contributed by atoms with Gasteiger partial charge in [0.15, 0.2) is 5.96 Å². The van der Waals surface area contributed by atoms with Gasteiger partial charge in [0.2, 0.25) is 0 Å². The van der Waals surface area contributed by atoms with Crippen molar-refractivity contribution in [2.45, 2.75) is 22.8 Å². The fourth-order valence-corrected chi connectivity index (χ4v) is 2.97. The molecule has 1 aliphatic rings. The second kappa shape index (κ2) is 9.12. The first-order chi connectivity index (χ1) is 10.8. The molecule has 2 aromatic carbocycles. The second-order valence-corrected chi connectivity index (χ2v) is 6.21. The fourth-order valence-electron chi connectivity index (χ4n) is 2.15. The third kappa shape index (κ3) is 5.69. The van der Waals surface area contributed by atoms with E-state index < -0.39 is 0 Å². The molecule has 0 saturated carbocycles. The van der Waals surface area contributed by atoms with E-state index in [4.69, 9.17) is 0 Å². The van der Waals surface area contributed by atoms with Crippen molar-refractivity contribution in [3.05, 3.63) is 59.9 Å². The Morgan fingerprint density at radius 2 is 1.70 bits per heavy atom. The SMILES string of the molecule is Fc1ccc(Sc2ccc(CNC3=NCCCN3)cc2)cc1.I. The Morgan fingerprint density at radius 3 is 2.30 bits per heavy atom. The molecule has 23 heavy (non-hydrogen) atoms. The highest BCUT2D eigenvalue weighted by atomic mass is 127. The van der Waals surface area contributed by atoms with Crippen molar-refractivity contribution in [2.75, 3.05) is 13.1 Å². The average Bonchev–Trinajstić information content (AvgIpc) is 2.57. The topological polar surface area (TPSA) is 36.4 Å². The largest absolute Gasteiger partial charge is 0.356 e. The molecule has 1 aliphatic heterocycles. The predicted molar refractivity (Wildman–Crippen MR) is 104 cm³/mol. The average molecular weight is 443 g/mol. The van der Waals surface area contributed by atoms with Crippen LogP contribution in [0, 0.1) is 5.82 Å². The second-order valence-electron chi connectivity index (χ2n) is 5.06. The Labute approximate surface area is 157 Å². The number of hydrogen-bond acceptors (Lipinski definition) is 4. The maximum Gasteiger partial charge on any atom is 0.191 e. The van der Waals surface area contributed by atoms with E-state index in [1.807, 2.05) is 0 Å². The van der Waals surface area contributed by atoms with Gasteiger partial charge in [-0.05, 0) is 48.4 Å². The number of halogens is 2. The summed E-state index contributed by atoms with van der Waals surface area (Å²) in [4.78, 5) is 6.56. The van der Waals surface area contributed by atoms with Gasteiger partial charge in [-0.1, -0.05) is 23.9 Å². The molecule has 6 heteroatoms. The van der Waals surface area contributed by atoms with E-state index in [0.717, 1.165) is 41.8 Å². The highest BCUT2D eigenvalue weighted by molar-refractivity contribution is 14.0.